The molecular weight excluding hydrogens is 176 g/mol. The molecule has 1 nitrogen and oxygen atoms in total. The van der Waals surface area contributed by atoms with E-state index in [0.29, 0.717) is 10.6 Å². The lowest BCUT2D eigenvalue weighted by Crippen LogP contribution is -1.87. The Labute approximate surface area is 67.8 Å². The molecule has 1 rings (SSSR count). The zero-order chi connectivity index (χ0) is 7.72. The van der Waals surface area contributed by atoms with Crippen molar-refractivity contribution < 1.29 is 4.39 Å². The van der Waals surface area contributed by atoms with Gasteiger partial charge in [0.2, 0.25) is 0 Å². The van der Waals surface area contributed by atoms with Gasteiger partial charge in [-0.1, -0.05) is 23.2 Å². The maximum Gasteiger partial charge on any atom is 0.165 e. The van der Waals surface area contributed by atoms with Gasteiger partial charge in [0.1, 0.15) is 0 Å². The van der Waals surface area contributed by atoms with Gasteiger partial charge in [-0.15, -0.1) is 0 Å². The summed E-state index contributed by atoms with van der Waals surface area (Å²) in [6.45, 7) is 1.55. The quantitative estimate of drug-likeness (QED) is 0.559. The molecular formula is C6H4Cl2FN. The first kappa shape index (κ1) is 7.76. The summed E-state index contributed by atoms with van der Waals surface area (Å²) in [7, 11) is 0. The summed E-state index contributed by atoms with van der Waals surface area (Å²) < 4.78 is 12.7. The van der Waals surface area contributed by atoms with Crippen molar-refractivity contribution in [1.29, 1.82) is 0 Å². The number of aromatic nitrogens is 1. The lowest BCUT2D eigenvalue weighted by atomic mass is 10.3. The first-order valence-electron chi connectivity index (χ1n) is 2.59. The van der Waals surface area contributed by atoms with E-state index in [2.05, 4.69) is 4.98 Å². The third-order valence-electron chi connectivity index (χ3n) is 1.16. The van der Waals surface area contributed by atoms with Crippen molar-refractivity contribution in [2.24, 2.45) is 0 Å². The van der Waals surface area contributed by atoms with Gasteiger partial charge in [-0.3, -0.25) is 0 Å². The van der Waals surface area contributed by atoms with Gasteiger partial charge in [-0.05, 0) is 6.92 Å². The van der Waals surface area contributed by atoms with Crippen molar-refractivity contribution in [2.75, 3.05) is 0 Å². The van der Waals surface area contributed by atoms with Crippen LogP contribution in [0.3, 0.4) is 0 Å². The van der Waals surface area contributed by atoms with E-state index in [1.165, 1.54) is 6.20 Å². The Balaban J connectivity index is 3.34. The van der Waals surface area contributed by atoms with Crippen molar-refractivity contribution in [3.05, 3.63) is 27.8 Å². The van der Waals surface area contributed by atoms with Gasteiger partial charge in [0, 0.05) is 11.8 Å². The zero-order valence-corrected chi connectivity index (χ0v) is 6.67. The second-order valence-electron chi connectivity index (χ2n) is 1.84. The van der Waals surface area contributed by atoms with Crippen LogP contribution in [-0.2, 0) is 0 Å². The molecule has 0 aliphatic rings. The highest BCUT2D eigenvalue weighted by Gasteiger charge is 2.06. The minimum absolute atomic E-state index is 0.137. The topological polar surface area (TPSA) is 12.9 Å². The van der Waals surface area contributed by atoms with Crippen LogP contribution in [0.5, 0.6) is 0 Å². The summed E-state index contributed by atoms with van der Waals surface area (Å²) >= 11 is 10.9. The molecule has 4 heteroatoms. The molecule has 0 aliphatic heterocycles. The Hall–Kier alpha value is -0.340. The Morgan fingerprint density at radius 3 is 2.60 bits per heavy atom. The van der Waals surface area contributed by atoms with E-state index in [0.717, 1.165) is 0 Å². The summed E-state index contributed by atoms with van der Waals surface area (Å²) in [4.78, 5) is 3.50. The van der Waals surface area contributed by atoms with Crippen molar-refractivity contribution in [1.82, 2.24) is 4.98 Å². The predicted molar refractivity (Wildman–Crippen MR) is 39.0 cm³/mol. The number of hydrogen-bond acceptors (Lipinski definition) is 1. The summed E-state index contributed by atoms with van der Waals surface area (Å²) in [5.41, 5.74) is 0.335. The van der Waals surface area contributed by atoms with Crippen molar-refractivity contribution in [2.45, 2.75) is 6.92 Å². The van der Waals surface area contributed by atoms with Crippen LogP contribution in [0.2, 0.25) is 10.2 Å². The van der Waals surface area contributed by atoms with Gasteiger partial charge in [-0.2, -0.15) is 0 Å². The monoisotopic (exact) mass is 179 g/mol. The van der Waals surface area contributed by atoms with E-state index in [1.54, 1.807) is 6.92 Å². The first-order chi connectivity index (χ1) is 4.63. The van der Waals surface area contributed by atoms with E-state index >= 15 is 0 Å². The average Bonchev–Trinajstić information content (AvgIpc) is 1.93. The molecule has 0 N–H and O–H groups in total. The van der Waals surface area contributed by atoms with E-state index in [-0.39, 0.29) is 5.15 Å². The van der Waals surface area contributed by atoms with Crippen LogP contribution in [-0.4, -0.2) is 4.98 Å². The molecule has 0 radical (unpaired) electrons. The SMILES string of the molecule is Cc1c(Cl)cnc(Cl)c1F. The smallest absolute Gasteiger partial charge is 0.165 e. The lowest BCUT2D eigenvalue weighted by molar-refractivity contribution is 0.612. The van der Waals surface area contributed by atoms with Crippen LogP contribution in [0.1, 0.15) is 5.56 Å². The Morgan fingerprint density at radius 1 is 1.50 bits per heavy atom. The van der Waals surface area contributed by atoms with Gasteiger partial charge in [0.25, 0.3) is 0 Å². The maximum atomic E-state index is 12.7. The summed E-state index contributed by atoms with van der Waals surface area (Å²) in [5, 5.41) is 0.156. The van der Waals surface area contributed by atoms with Crippen LogP contribution in [0.25, 0.3) is 0 Å². The van der Waals surface area contributed by atoms with E-state index in [9.17, 15) is 4.39 Å². The fraction of sp³-hybridized carbons (Fsp3) is 0.167. The second-order valence-corrected chi connectivity index (χ2v) is 2.60. The molecule has 1 aromatic rings. The highest BCUT2D eigenvalue weighted by atomic mass is 35.5. The van der Waals surface area contributed by atoms with Gasteiger partial charge < -0.3 is 0 Å². The molecule has 54 valence electrons. The minimum Gasteiger partial charge on any atom is -0.240 e. The molecule has 10 heavy (non-hydrogen) atoms. The van der Waals surface area contributed by atoms with Crippen LogP contribution in [0, 0.1) is 12.7 Å². The largest absolute Gasteiger partial charge is 0.240 e. The Bertz CT molecular complexity index is 235. The van der Waals surface area contributed by atoms with Crippen molar-refractivity contribution in [3.8, 4) is 0 Å². The highest BCUT2D eigenvalue weighted by molar-refractivity contribution is 6.32. The standard InChI is InChI=1S/C6H4Cl2FN/c1-3-4(7)2-10-6(8)5(3)9/h2H,1H3. The molecule has 0 aliphatic carbocycles. The number of rotatable bonds is 0. The van der Waals surface area contributed by atoms with Gasteiger partial charge in [0.15, 0.2) is 11.0 Å². The van der Waals surface area contributed by atoms with Crippen LogP contribution in [0.4, 0.5) is 4.39 Å². The van der Waals surface area contributed by atoms with E-state index in [4.69, 9.17) is 23.2 Å². The summed E-state index contributed by atoms with van der Waals surface area (Å²) in [5.74, 6) is -0.547. The number of halogens is 3. The van der Waals surface area contributed by atoms with Crippen LogP contribution < -0.4 is 0 Å². The molecule has 1 aromatic heterocycles. The molecule has 1 heterocycles. The number of hydrogen-bond donors (Lipinski definition) is 0. The molecule has 0 unspecified atom stereocenters. The Kier molecular flexibility index (Phi) is 2.11. The van der Waals surface area contributed by atoms with Gasteiger partial charge in [-0.25, -0.2) is 9.37 Å². The van der Waals surface area contributed by atoms with Crippen LogP contribution >= 0.6 is 23.2 Å². The van der Waals surface area contributed by atoms with Crippen LogP contribution in [0.15, 0.2) is 6.20 Å². The lowest BCUT2D eigenvalue weighted by Gasteiger charge is -1.98. The Morgan fingerprint density at radius 2 is 2.10 bits per heavy atom. The van der Waals surface area contributed by atoms with Crippen molar-refractivity contribution >= 4 is 23.2 Å². The molecule has 0 spiro atoms. The van der Waals surface area contributed by atoms with E-state index in [1.807, 2.05) is 0 Å². The fourth-order valence-corrected chi connectivity index (χ4v) is 0.849. The molecule has 0 saturated heterocycles. The van der Waals surface area contributed by atoms with Gasteiger partial charge >= 0.3 is 0 Å². The van der Waals surface area contributed by atoms with Gasteiger partial charge in [0.05, 0.1) is 5.02 Å². The number of pyridine rings is 1. The number of nitrogens with zero attached hydrogens (tertiary/aromatic N) is 1. The third kappa shape index (κ3) is 1.22. The molecule has 0 atom stereocenters. The normalized spacial score (nSPS) is 10.0. The second kappa shape index (κ2) is 2.72. The first-order valence-corrected chi connectivity index (χ1v) is 3.34. The highest BCUT2D eigenvalue weighted by Crippen LogP contribution is 2.21. The fourth-order valence-electron chi connectivity index (χ4n) is 0.526. The predicted octanol–water partition coefficient (Wildman–Crippen LogP) is 2.84. The average molecular weight is 180 g/mol. The molecule has 0 aromatic carbocycles. The molecule has 0 bridgehead atoms. The zero-order valence-electron chi connectivity index (χ0n) is 5.16. The third-order valence-corrected chi connectivity index (χ3v) is 1.80. The maximum absolute atomic E-state index is 12.7. The minimum atomic E-state index is -0.547. The molecule has 0 amide bonds. The summed E-state index contributed by atoms with van der Waals surface area (Å²) in [6, 6.07) is 0. The molecule has 0 saturated carbocycles. The summed E-state index contributed by atoms with van der Waals surface area (Å²) in [6.07, 6.45) is 1.32. The molecule has 0 fully saturated rings. The van der Waals surface area contributed by atoms with Crippen molar-refractivity contribution in [3.63, 3.8) is 0 Å². The van der Waals surface area contributed by atoms with E-state index < -0.39 is 5.82 Å².